The summed E-state index contributed by atoms with van der Waals surface area (Å²) in [5.41, 5.74) is 3.18. The fourth-order valence-corrected chi connectivity index (χ4v) is 3.51. The Bertz CT molecular complexity index is 1010. The number of benzene rings is 1. The lowest BCUT2D eigenvalue weighted by Gasteiger charge is -2.34. The molecule has 1 aliphatic heterocycles. The largest absolute Gasteiger partial charge is 0.420 e. The van der Waals surface area contributed by atoms with Crippen LogP contribution in [0.1, 0.15) is 17.0 Å². The maximum atomic E-state index is 12.7. The Hall–Kier alpha value is -2.58. The molecule has 0 N–H and O–H groups in total. The zero-order valence-electron chi connectivity index (χ0n) is 15.9. The molecule has 0 bridgehead atoms. The van der Waals surface area contributed by atoms with Crippen LogP contribution in [0, 0.1) is 13.8 Å². The number of para-hydroxylation sites is 2. The third-order valence-electron chi connectivity index (χ3n) is 5.16. The molecule has 4 rings (SSSR count). The molecule has 150 valence electrons. The lowest BCUT2D eigenvalue weighted by molar-refractivity contribution is -0.133. The van der Waals surface area contributed by atoms with Crippen LogP contribution in [-0.4, -0.2) is 51.6 Å². The summed E-state index contributed by atoms with van der Waals surface area (Å²) in [6.07, 6.45) is 0. The molecule has 8 nitrogen and oxygen atoms in total. The monoisotopic (exact) mass is 406 g/mol. The van der Waals surface area contributed by atoms with E-state index in [-0.39, 0.29) is 24.9 Å². The average molecular weight is 407 g/mol. The summed E-state index contributed by atoms with van der Waals surface area (Å²) in [4.78, 5) is 28.8. The van der Waals surface area contributed by atoms with Gasteiger partial charge in [-0.25, -0.2) is 4.79 Å². The van der Waals surface area contributed by atoms with Gasteiger partial charge in [-0.3, -0.25) is 14.3 Å². The Labute approximate surface area is 168 Å². The lowest BCUT2D eigenvalue weighted by Crippen LogP contribution is -2.49. The summed E-state index contributed by atoms with van der Waals surface area (Å²) in [6.45, 7) is 7.45. The van der Waals surface area contributed by atoms with E-state index < -0.39 is 5.76 Å². The van der Waals surface area contributed by atoms with Crippen molar-refractivity contribution in [3.63, 3.8) is 0 Å². The molecule has 0 aliphatic carbocycles. The van der Waals surface area contributed by atoms with Crippen LogP contribution < -0.4 is 5.76 Å². The summed E-state index contributed by atoms with van der Waals surface area (Å²) in [7, 11) is 0. The van der Waals surface area contributed by atoms with Crippen molar-refractivity contribution in [3.8, 4) is 0 Å². The van der Waals surface area contributed by atoms with Gasteiger partial charge in [0.2, 0.25) is 5.91 Å². The van der Waals surface area contributed by atoms with E-state index in [1.807, 2.05) is 19.9 Å². The highest BCUT2D eigenvalue weighted by molar-refractivity contribution is 5.85. The van der Waals surface area contributed by atoms with Crippen molar-refractivity contribution >= 4 is 29.4 Å². The van der Waals surface area contributed by atoms with Gasteiger partial charge in [-0.2, -0.15) is 0 Å². The number of aromatic nitrogens is 2. The first-order valence-electron chi connectivity index (χ1n) is 9.03. The van der Waals surface area contributed by atoms with E-state index in [1.165, 1.54) is 4.57 Å². The third kappa shape index (κ3) is 3.83. The van der Waals surface area contributed by atoms with Gasteiger partial charge in [0.1, 0.15) is 12.3 Å². The number of piperazine rings is 1. The smallest absolute Gasteiger partial charge is 0.408 e. The maximum absolute atomic E-state index is 12.7. The standard InChI is InChI=1S/C19H22N4O4.ClH/c1-13-15(14(2)27-20-13)11-21-7-9-22(10-8-21)18(24)12-23-16-5-3-4-6-17(16)26-19(23)25;/h3-6H,7-12H2,1-2H3;1H. The molecule has 2 aromatic heterocycles. The second-order valence-electron chi connectivity index (χ2n) is 6.88. The Balaban J connectivity index is 0.00000225. The van der Waals surface area contributed by atoms with Crippen LogP contribution in [0.2, 0.25) is 0 Å². The van der Waals surface area contributed by atoms with Gasteiger partial charge in [0, 0.05) is 38.3 Å². The fourth-order valence-electron chi connectivity index (χ4n) is 3.51. The van der Waals surface area contributed by atoms with Crippen molar-refractivity contribution in [3.05, 3.63) is 51.8 Å². The molecule has 0 radical (unpaired) electrons. The summed E-state index contributed by atoms with van der Waals surface area (Å²) in [5, 5.41) is 3.99. The normalized spacial score (nSPS) is 15.0. The quantitative estimate of drug-likeness (QED) is 0.658. The van der Waals surface area contributed by atoms with Crippen LogP contribution in [0.5, 0.6) is 0 Å². The molecule has 1 saturated heterocycles. The minimum Gasteiger partial charge on any atom is -0.408 e. The van der Waals surface area contributed by atoms with Crippen LogP contribution in [-0.2, 0) is 17.9 Å². The van der Waals surface area contributed by atoms with E-state index in [0.29, 0.717) is 24.2 Å². The minimum absolute atomic E-state index is 0. The molecule has 0 atom stereocenters. The number of halogens is 1. The minimum atomic E-state index is -0.499. The highest BCUT2D eigenvalue weighted by Gasteiger charge is 2.24. The number of carbonyl (C=O) groups excluding carboxylic acids is 1. The number of hydrogen-bond acceptors (Lipinski definition) is 6. The van der Waals surface area contributed by atoms with Gasteiger partial charge in [-0.05, 0) is 26.0 Å². The van der Waals surface area contributed by atoms with E-state index in [1.54, 1.807) is 23.1 Å². The molecule has 0 saturated carbocycles. The summed E-state index contributed by atoms with van der Waals surface area (Å²) >= 11 is 0. The van der Waals surface area contributed by atoms with Crippen molar-refractivity contribution in [2.45, 2.75) is 26.9 Å². The Kier molecular flexibility index (Phi) is 5.90. The Morgan fingerprint density at radius 3 is 2.54 bits per heavy atom. The van der Waals surface area contributed by atoms with Gasteiger partial charge in [0.05, 0.1) is 11.2 Å². The second-order valence-corrected chi connectivity index (χ2v) is 6.88. The SMILES string of the molecule is Cc1noc(C)c1CN1CCN(C(=O)Cn2c(=O)oc3ccccc32)CC1.Cl. The highest BCUT2D eigenvalue weighted by atomic mass is 35.5. The van der Waals surface area contributed by atoms with Gasteiger partial charge in [-0.15, -0.1) is 12.4 Å². The number of aryl methyl sites for hydroxylation is 2. The molecule has 1 aromatic carbocycles. The third-order valence-corrected chi connectivity index (χ3v) is 5.16. The number of rotatable bonds is 4. The van der Waals surface area contributed by atoms with Gasteiger partial charge in [0.25, 0.3) is 0 Å². The number of nitrogens with zero attached hydrogens (tertiary/aromatic N) is 4. The van der Waals surface area contributed by atoms with Crippen LogP contribution >= 0.6 is 12.4 Å². The van der Waals surface area contributed by atoms with Gasteiger partial charge in [-0.1, -0.05) is 17.3 Å². The lowest BCUT2D eigenvalue weighted by atomic mass is 10.2. The first-order chi connectivity index (χ1) is 13.0. The predicted molar refractivity (Wildman–Crippen MR) is 106 cm³/mol. The number of amides is 1. The average Bonchev–Trinajstić information content (AvgIpc) is 3.16. The number of oxazole rings is 1. The van der Waals surface area contributed by atoms with E-state index in [4.69, 9.17) is 8.94 Å². The van der Waals surface area contributed by atoms with E-state index in [9.17, 15) is 9.59 Å². The molecular formula is C19H23ClN4O4. The number of carbonyl (C=O) groups is 1. The molecule has 9 heteroatoms. The van der Waals surface area contributed by atoms with Gasteiger partial charge in [0.15, 0.2) is 5.58 Å². The van der Waals surface area contributed by atoms with Crippen molar-refractivity contribution in [1.82, 2.24) is 19.5 Å². The molecule has 3 aromatic rings. The van der Waals surface area contributed by atoms with E-state index >= 15 is 0 Å². The zero-order chi connectivity index (χ0) is 19.0. The molecular weight excluding hydrogens is 384 g/mol. The molecule has 3 heterocycles. The predicted octanol–water partition coefficient (Wildman–Crippen LogP) is 1.97. The summed E-state index contributed by atoms with van der Waals surface area (Å²) in [6, 6.07) is 7.14. The molecule has 28 heavy (non-hydrogen) atoms. The first kappa shape index (κ1) is 20.2. The van der Waals surface area contributed by atoms with Gasteiger partial charge < -0.3 is 13.8 Å². The molecule has 0 spiro atoms. The van der Waals surface area contributed by atoms with Crippen molar-refractivity contribution in [2.24, 2.45) is 0 Å². The fraction of sp³-hybridized carbons (Fsp3) is 0.421. The highest BCUT2D eigenvalue weighted by Crippen LogP contribution is 2.17. The summed E-state index contributed by atoms with van der Waals surface area (Å²) < 4.78 is 11.8. The second kappa shape index (κ2) is 8.20. The van der Waals surface area contributed by atoms with Crippen LogP contribution in [0.15, 0.2) is 38.0 Å². The van der Waals surface area contributed by atoms with E-state index in [0.717, 1.165) is 36.7 Å². The van der Waals surface area contributed by atoms with Gasteiger partial charge >= 0.3 is 5.76 Å². The van der Waals surface area contributed by atoms with E-state index in [2.05, 4.69) is 10.1 Å². The topological polar surface area (TPSA) is 84.7 Å². The number of fused-ring (bicyclic) bond motifs is 1. The van der Waals surface area contributed by atoms with Crippen molar-refractivity contribution < 1.29 is 13.7 Å². The van der Waals surface area contributed by atoms with Crippen LogP contribution in [0.25, 0.3) is 11.1 Å². The van der Waals surface area contributed by atoms with Crippen molar-refractivity contribution in [1.29, 1.82) is 0 Å². The molecule has 1 aliphatic rings. The zero-order valence-corrected chi connectivity index (χ0v) is 16.7. The number of hydrogen-bond donors (Lipinski definition) is 0. The molecule has 1 amide bonds. The maximum Gasteiger partial charge on any atom is 0.420 e. The van der Waals surface area contributed by atoms with Crippen LogP contribution in [0.4, 0.5) is 0 Å². The first-order valence-corrected chi connectivity index (χ1v) is 9.03. The Morgan fingerprint density at radius 1 is 1.14 bits per heavy atom. The Morgan fingerprint density at radius 2 is 1.86 bits per heavy atom. The van der Waals surface area contributed by atoms with Crippen LogP contribution in [0.3, 0.4) is 0 Å². The molecule has 1 fully saturated rings. The van der Waals surface area contributed by atoms with Crippen molar-refractivity contribution in [2.75, 3.05) is 26.2 Å². The molecule has 0 unspecified atom stereocenters. The summed E-state index contributed by atoms with van der Waals surface area (Å²) in [5.74, 6) is 0.277.